The summed E-state index contributed by atoms with van der Waals surface area (Å²) in [4.78, 5) is 5.05. The van der Waals surface area contributed by atoms with Gasteiger partial charge in [0.25, 0.3) is 0 Å². The zero-order valence-corrected chi connectivity index (χ0v) is 19.8. The van der Waals surface area contributed by atoms with E-state index < -0.39 is 0 Å². The Labute approximate surface area is 192 Å². The van der Waals surface area contributed by atoms with Gasteiger partial charge in [-0.2, -0.15) is 0 Å². The van der Waals surface area contributed by atoms with Gasteiger partial charge in [0.05, 0.1) is 14.2 Å². The molecule has 1 aliphatic rings. The Morgan fingerprint density at radius 1 is 0.844 bits per heavy atom. The maximum atomic E-state index is 5.49. The highest BCUT2D eigenvalue weighted by atomic mass is 16.5. The van der Waals surface area contributed by atoms with Crippen LogP contribution in [0.2, 0.25) is 0 Å². The second kappa shape index (κ2) is 10.8. The Kier molecular flexibility index (Phi) is 7.67. The number of nitrogens with zero attached hydrogens (tertiary/aromatic N) is 2. The fourth-order valence-electron chi connectivity index (χ4n) is 4.76. The Hall–Kier alpha value is -2.56. The van der Waals surface area contributed by atoms with Gasteiger partial charge in [0.15, 0.2) is 11.5 Å². The number of hydrogen-bond acceptors (Lipinski definition) is 4. The van der Waals surface area contributed by atoms with E-state index in [0.717, 1.165) is 57.1 Å². The number of hydrogen-bond donors (Lipinski definition) is 0. The van der Waals surface area contributed by atoms with Crippen molar-refractivity contribution in [3.05, 3.63) is 71.3 Å². The first-order valence-corrected chi connectivity index (χ1v) is 11.8. The highest BCUT2D eigenvalue weighted by Crippen LogP contribution is 2.33. The normalized spacial score (nSPS) is 14.0. The van der Waals surface area contributed by atoms with E-state index in [1.54, 1.807) is 14.2 Å². The van der Waals surface area contributed by atoms with Crippen molar-refractivity contribution in [2.45, 2.75) is 32.2 Å². The van der Waals surface area contributed by atoms with Gasteiger partial charge in [0, 0.05) is 13.1 Å². The van der Waals surface area contributed by atoms with E-state index in [2.05, 4.69) is 71.4 Å². The minimum absolute atomic E-state index is 0.833. The van der Waals surface area contributed by atoms with Gasteiger partial charge in [-0.3, -0.25) is 4.90 Å². The summed E-state index contributed by atoms with van der Waals surface area (Å²) >= 11 is 0. The zero-order valence-electron chi connectivity index (χ0n) is 19.8. The predicted octanol–water partition coefficient (Wildman–Crippen LogP) is 5.17. The van der Waals surface area contributed by atoms with Crippen molar-refractivity contribution in [3.8, 4) is 11.5 Å². The van der Waals surface area contributed by atoms with E-state index in [1.165, 1.54) is 40.3 Å². The van der Waals surface area contributed by atoms with Crippen LogP contribution in [0.1, 0.15) is 29.5 Å². The Morgan fingerprint density at radius 3 is 2.34 bits per heavy atom. The summed E-state index contributed by atoms with van der Waals surface area (Å²) < 4.78 is 10.9. The Bertz CT molecular complexity index is 1030. The molecule has 0 saturated heterocycles. The van der Waals surface area contributed by atoms with Gasteiger partial charge in [-0.1, -0.05) is 42.5 Å². The first-order chi connectivity index (χ1) is 15.7. The molecule has 0 N–H and O–H groups in total. The molecule has 170 valence electrons. The van der Waals surface area contributed by atoms with Crippen molar-refractivity contribution in [1.82, 2.24) is 9.80 Å². The molecule has 0 unspecified atom stereocenters. The third-order valence-corrected chi connectivity index (χ3v) is 6.63. The molecule has 4 heteroatoms. The van der Waals surface area contributed by atoms with Crippen molar-refractivity contribution in [1.29, 1.82) is 0 Å². The molecule has 0 atom stereocenters. The molecular weight excluding hydrogens is 396 g/mol. The van der Waals surface area contributed by atoms with E-state index >= 15 is 0 Å². The number of fused-ring (bicyclic) bond motifs is 2. The van der Waals surface area contributed by atoms with Crippen molar-refractivity contribution < 1.29 is 9.47 Å². The summed E-state index contributed by atoms with van der Waals surface area (Å²) in [7, 11) is 5.67. The fourth-order valence-corrected chi connectivity index (χ4v) is 4.76. The van der Waals surface area contributed by atoms with Crippen LogP contribution in [0, 0.1) is 0 Å². The van der Waals surface area contributed by atoms with Gasteiger partial charge in [0.2, 0.25) is 0 Å². The minimum atomic E-state index is 0.833. The summed E-state index contributed by atoms with van der Waals surface area (Å²) in [6.07, 6.45) is 4.63. The van der Waals surface area contributed by atoms with E-state index in [-0.39, 0.29) is 0 Å². The van der Waals surface area contributed by atoms with Crippen molar-refractivity contribution in [2.24, 2.45) is 0 Å². The summed E-state index contributed by atoms with van der Waals surface area (Å²) in [5.41, 5.74) is 4.21. The molecule has 0 amide bonds. The standard InChI is InChI=1S/C28H36N2O2/c1-29(14-6-8-22-11-12-23-9-4-5-10-24(23)18-22)15-7-16-30-17-13-25-19-27(31-2)28(32-3)20-26(25)21-30/h4-5,9-12,18-20H,6-8,13-17,21H2,1-3H3. The van der Waals surface area contributed by atoms with E-state index in [1.807, 2.05) is 0 Å². The molecular formula is C28H36N2O2. The Balaban J connectivity index is 1.18. The summed E-state index contributed by atoms with van der Waals surface area (Å²) in [5.74, 6) is 1.67. The maximum absolute atomic E-state index is 5.49. The number of rotatable bonds is 10. The van der Waals surface area contributed by atoms with E-state index in [4.69, 9.17) is 9.47 Å². The van der Waals surface area contributed by atoms with Crippen molar-refractivity contribution >= 4 is 10.8 Å². The molecule has 0 spiro atoms. The second-order valence-corrected chi connectivity index (χ2v) is 8.94. The van der Waals surface area contributed by atoms with Gasteiger partial charge in [-0.15, -0.1) is 0 Å². The van der Waals surface area contributed by atoms with Gasteiger partial charge < -0.3 is 14.4 Å². The van der Waals surface area contributed by atoms with Gasteiger partial charge in [-0.25, -0.2) is 0 Å². The minimum Gasteiger partial charge on any atom is -0.493 e. The second-order valence-electron chi connectivity index (χ2n) is 8.94. The van der Waals surface area contributed by atoms with Crippen LogP contribution in [-0.2, 0) is 19.4 Å². The quantitative estimate of drug-likeness (QED) is 0.441. The van der Waals surface area contributed by atoms with Crippen LogP contribution in [0.5, 0.6) is 11.5 Å². The number of ether oxygens (including phenoxy) is 2. The molecule has 1 heterocycles. The van der Waals surface area contributed by atoms with Crippen LogP contribution in [0.4, 0.5) is 0 Å². The molecule has 4 nitrogen and oxygen atoms in total. The molecule has 0 aromatic heterocycles. The first-order valence-electron chi connectivity index (χ1n) is 11.8. The number of benzene rings is 3. The third kappa shape index (κ3) is 5.62. The molecule has 0 fully saturated rings. The summed E-state index contributed by atoms with van der Waals surface area (Å²) in [6, 6.07) is 19.8. The van der Waals surface area contributed by atoms with Crippen LogP contribution in [0.3, 0.4) is 0 Å². The van der Waals surface area contributed by atoms with Gasteiger partial charge in [-0.05, 0) is 92.0 Å². The molecule has 4 rings (SSSR count). The molecule has 3 aromatic rings. The van der Waals surface area contributed by atoms with Crippen LogP contribution in [0.25, 0.3) is 10.8 Å². The van der Waals surface area contributed by atoms with Crippen LogP contribution < -0.4 is 9.47 Å². The lowest BCUT2D eigenvalue weighted by molar-refractivity contribution is 0.229. The lowest BCUT2D eigenvalue weighted by Gasteiger charge is -2.30. The molecule has 3 aromatic carbocycles. The van der Waals surface area contributed by atoms with E-state index in [0.29, 0.717) is 0 Å². The molecule has 0 radical (unpaired) electrons. The lowest BCUT2D eigenvalue weighted by atomic mass is 9.98. The van der Waals surface area contributed by atoms with Crippen molar-refractivity contribution in [2.75, 3.05) is 47.4 Å². The summed E-state index contributed by atoms with van der Waals surface area (Å²) in [5, 5.41) is 2.67. The van der Waals surface area contributed by atoms with E-state index in [9.17, 15) is 0 Å². The molecule has 0 aliphatic carbocycles. The largest absolute Gasteiger partial charge is 0.493 e. The van der Waals surface area contributed by atoms with Crippen LogP contribution in [0.15, 0.2) is 54.6 Å². The van der Waals surface area contributed by atoms with Gasteiger partial charge in [0.1, 0.15) is 0 Å². The van der Waals surface area contributed by atoms with Gasteiger partial charge >= 0.3 is 0 Å². The monoisotopic (exact) mass is 432 g/mol. The SMILES string of the molecule is COc1cc2c(cc1OC)CN(CCCN(C)CCCc1ccc3ccccc3c1)CC2. The smallest absolute Gasteiger partial charge is 0.161 e. The maximum Gasteiger partial charge on any atom is 0.161 e. The Morgan fingerprint density at radius 2 is 1.56 bits per heavy atom. The molecule has 0 bridgehead atoms. The summed E-state index contributed by atoms with van der Waals surface area (Å²) in [6.45, 7) is 5.55. The fraction of sp³-hybridized carbons (Fsp3) is 0.429. The van der Waals surface area contributed by atoms with Crippen LogP contribution >= 0.6 is 0 Å². The average Bonchev–Trinajstić information content (AvgIpc) is 2.83. The number of aryl methyl sites for hydroxylation is 1. The molecule has 32 heavy (non-hydrogen) atoms. The lowest BCUT2D eigenvalue weighted by Crippen LogP contribution is -2.33. The molecule has 1 aliphatic heterocycles. The highest BCUT2D eigenvalue weighted by Gasteiger charge is 2.19. The third-order valence-electron chi connectivity index (χ3n) is 6.63. The predicted molar refractivity (Wildman–Crippen MR) is 133 cm³/mol. The highest BCUT2D eigenvalue weighted by molar-refractivity contribution is 5.82. The first kappa shape index (κ1) is 22.6. The van der Waals surface area contributed by atoms with Crippen molar-refractivity contribution in [3.63, 3.8) is 0 Å². The molecule has 0 saturated carbocycles. The van der Waals surface area contributed by atoms with Crippen LogP contribution in [-0.4, -0.2) is 57.2 Å². The zero-order chi connectivity index (χ0) is 22.3. The topological polar surface area (TPSA) is 24.9 Å². The number of methoxy groups -OCH3 is 2. The average molecular weight is 433 g/mol.